The highest BCUT2D eigenvalue weighted by Gasteiger charge is 2.32. The zero-order chi connectivity index (χ0) is 19.0. The van der Waals surface area contributed by atoms with Crippen LogP contribution in [0.3, 0.4) is 0 Å². The van der Waals surface area contributed by atoms with Gasteiger partial charge in [-0.05, 0) is 39.7 Å². The molecule has 3 heterocycles. The highest BCUT2D eigenvalue weighted by Crippen LogP contribution is 2.37. The largest absolute Gasteiger partial charge is 0.444 e. The van der Waals surface area contributed by atoms with E-state index in [4.69, 9.17) is 4.74 Å². The maximum Gasteiger partial charge on any atom is 0.407 e. The molecule has 0 bridgehead atoms. The van der Waals surface area contributed by atoms with Crippen molar-refractivity contribution < 1.29 is 9.53 Å². The number of hydrogen-bond donors (Lipinski definition) is 3. The van der Waals surface area contributed by atoms with E-state index in [0.717, 1.165) is 40.1 Å². The van der Waals surface area contributed by atoms with Crippen molar-refractivity contribution >= 4 is 34.2 Å². The Hall–Kier alpha value is -2.61. The quantitative estimate of drug-likeness (QED) is 0.627. The number of anilines is 1. The van der Waals surface area contributed by atoms with Gasteiger partial charge in [0.1, 0.15) is 16.3 Å². The molecule has 0 aliphatic heterocycles. The van der Waals surface area contributed by atoms with E-state index in [1.807, 2.05) is 44.6 Å². The highest BCUT2D eigenvalue weighted by molar-refractivity contribution is 7.13. The molecular weight excluding hydrogens is 362 g/mol. The van der Waals surface area contributed by atoms with Crippen LogP contribution < -0.4 is 10.6 Å². The van der Waals surface area contributed by atoms with Crippen molar-refractivity contribution in [3.8, 4) is 10.6 Å². The first kappa shape index (κ1) is 17.8. The number of nitrogens with one attached hydrogen (secondary N) is 3. The summed E-state index contributed by atoms with van der Waals surface area (Å²) >= 11 is 1.59. The maximum absolute atomic E-state index is 11.9. The lowest BCUT2D eigenvalue weighted by atomic mass is 9.86. The van der Waals surface area contributed by atoms with Gasteiger partial charge in [-0.25, -0.2) is 14.8 Å². The number of thiazole rings is 1. The van der Waals surface area contributed by atoms with E-state index in [2.05, 4.69) is 25.6 Å². The van der Waals surface area contributed by atoms with Gasteiger partial charge in [0.15, 0.2) is 0 Å². The van der Waals surface area contributed by atoms with Crippen LogP contribution in [0.5, 0.6) is 0 Å². The van der Waals surface area contributed by atoms with E-state index in [9.17, 15) is 4.79 Å². The standard InChI is InChI=1S/C19H23N5O2S/c1-19(2,3)26-18(25)24-12-8-11(9-12)23-15-13-4-5-20-16(13)22-10-14(15)17-21-6-7-27-17/h4-7,10-12H,8-9H2,1-3H3,(H,24,25)(H2,20,22,23). The van der Waals surface area contributed by atoms with Crippen LogP contribution in [0.15, 0.2) is 30.0 Å². The maximum atomic E-state index is 11.9. The number of aromatic nitrogens is 3. The number of nitrogens with zero attached hydrogens (tertiary/aromatic N) is 2. The number of aromatic amines is 1. The predicted octanol–water partition coefficient (Wildman–Crippen LogP) is 4.15. The molecule has 3 aromatic heterocycles. The first-order valence-corrected chi connectivity index (χ1v) is 9.89. The van der Waals surface area contributed by atoms with Crippen LogP contribution in [0, 0.1) is 0 Å². The van der Waals surface area contributed by atoms with Gasteiger partial charge < -0.3 is 20.4 Å². The fraction of sp³-hybridized carbons (Fsp3) is 0.421. The Morgan fingerprint density at radius 2 is 2.11 bits per heavy atom. The minimum atomic E-state index is -0.481. The molecule has 1 amide bonds. The molecule has 0 saturated heterocycles. The SMILES string of the molecule is CC(C)(C)OC(=O)NC1CC(Nc2c(-c3nccs3)cnc3[nH]ccc23)C1. The van der Waals surface area contributed by atoms with Crippen molar-refractivity contribution in [2.45, 2.75) is 51.3 Å². The molecule has 8 heteroatoms. The molecule has 0 unspecified atom stereocenters. The summed E-state index contributed by atoms with van der Waals surface area (Å²) in [5.41, 5.74) is 2.41. The Morgan fingerprint density at radius 1 is 1.30 bits per heavy atom. The Kier molecular flexibility index (Phi) is 4.51. The molecule has 0 radical (unpaired) electrons. The van der Waals surface area contributed by atoms with Gasteiger partial charge in [-0.3, -0.25) is 0 Å². The average Bonchev–Trinajstić information content (AvgIpc) is 3.22. The van der Waals surface area contributed by atoms with E-state index < -0.39 is 5.60 Å². The van der Waals surface area contributed by atoms with E-state index in [1.165, 1.54) is 0 Å². The molecule has 0 spiro atoms. The zero-order valence-corrected chi connectivity index (χ0v) is 16.4. The van der Waals surface area contributed by atoms with Crippen LogP contribution in [0.25, 0.3) is 21.6 Å². The van der Waals surface area contributed by atoms with Crippen LogP contribution in [0.2, 0.25) is 0 Å². The average molecular weight is 385 g/mol. The lowest BCUT2D eigenvalue weighted by molar-refractivity contribution is 0.0475. The second-order valence-electron chi connectivity index (χ2n) is 7.78. The Labute approximate surface area is 161 Å². The van der Waals surface area contributed by atoms with Gasteiger partial charge in [0, 0.05) is 41.4 Å². The van der Waals surface area contributed by atoms with Gasteiger partial charge in [0.25, 0.3) is 0 Å². The van der Waals surface area contributed by atoms with E-state index in [1.54, 1.807) is 17.5 Å². The molecule has 1 fully saturated rings. The molecule has 3 aromatic rings. The molecule has 7 nitrogen and oxygen atoms in total. The number of carbonyl (C=O) groups is 1. The van der Waals surface area contributed by atoms with Crippen molar-refractivity contribution in [1.29, 1.82) is 0 Å². The molecule has 0 aromatic carbocycles. The monoisotopic (exact) mass is 385 g/mol. The first-order chi connectivity index (χ1) is 12.9. The number of alkyl carbamates (subject to hydrolysis) is 1. The van der Waals surface area contributed by atoms with Crippen molar-refractivity contribution in [2.24, 2.45) is 0 Å². The van der Waals surface area contributed by atoms with Crippen molar-refractivity contribution in [2.75, 3.05) is 5.32 Å². The molecular formula is C19H23N5O2S. The number of pyridine rings is 1. The Balaban J connectivity index is 1.45. The number of ether oxygens (including phenoxy) is 1. The number of rotatable bonds is 4. The van der Waals surface area contributed by atoms with Gasteiger partial charge in [0.05, 0.1) is 11.3 Å². The van der Waals surface area contributed by atoms with Crippen LogP contribution in [-0.4, -0.2) is 38.7 Å². The van der Waals surface area contributed by atoms with Gasteiger partial charge in [-0.2, -0.15) is 0 Å². The van der Waals surface area contributed by atoms with Crippen LogP contribution in [0.4, 0.5) is 10.5 Å². The number of hydrogen-bond acceptors (Lipinski definition) is 6. The number of fused-ring (bicyclic) bond motifs is 1. The molecule has 1 aliphatic rings. The number of amides is 1. The lowest BCUT2D eigenvalue weighted by Crippen LogP contribution is -2.50. The smallest absolute Gasteiger partial charge is 0.407 e. The summed E-state index contributed by atoms with van der Waals surface area (Å²) in [6.45, 7) is 5.59. The summed E-state index contributed by atoms with van der Waals surface area (Å²) in [4.78, 5) is 24.0. The summed E-state index contributed by atoms with van der Waals surface area (Å²) in [5.74, 6) is 0. The van der Waals surface area contributed by atoms with Crippen LogP contribution >= 0.6 is 11.3 Å². The lowest BCUT2D eigenvalue weighted by Gasteiger charge is -2.37. The molecule has 1 saturated carbocycles. The normalized spacial score (nSPS) is 19.5. The van der Waals surface area contributed by atoms with E-state index in [-0.39, 0.29) is 18.2 Å². The van der Waals surface area contributed by atoms with Gasteiger partial charge >= 0.3 is 6.09 Å². The Morgan fingerprint density at radius 3 is 2.81 bits per heavy atom. The molecule has 4 rings (SSSR count). The molecule has 1 aliphatic carbocycles. The van der Waals surface area contributed by atoms with Crippen molar-refractivity contribution in [3.05, 3.63) is 30.0 Å². The van der Waals surface area contributed by atoms with Gasteiger partial charge in [0.2, 0.25) is 0 Å². The third kappa shape index (κ3) is 3.90. The summed E-state index contributed by atoms with van der Waals surface area (Å²) in [7, 11) is 0. The van der Waals surface area contributed by atoms with Crippen LogP contribution in [0.1, 0.15) is 33.6 Å². The van der Waals surface area contributed by atoms with E-state index in [0.29, 0.717) is 0 Å². The topological polar surface area (TPSA) is 91.9 Å². The Bertz CT molecular complexity index is 939. The fourth-order valence-electron chi connectivity index (χ4n) is 3.21. The van der Waals surface area contributed by atoms with E-state index >= 15 is 0 Å². The highest BCUT2D eigenvalue weighted by atomic mass is 32.1. The summed E-state index contributed by atoms with van der Waals surface area (Å²) in [6.07, 6.45) is 6.90. The minimum absolute atomic E-state index is 0.129. The first-order valence-electron chi connectivity index (χ1n) is 9.01. The summed E-state index contributed by atoms with van der Waals surface area (Å²) < 4.78 is 5.32. The zero-order valence-electron chi connectivity index (χ0n) is 15.6. The molecule has 27 heavy (non-hydrogen) atoms. The van der Waals surface area contributed by atoms with Crippen molar-refractivity contribution in [1.82, 2.24) is 20.3 Å². The molecule has 0 atom stereocenters. The second-order valence-corrected chi connectivity index (χ2v) is 8.67. The van der Waals surface area contributed by atoms with Crippen LogP contribution in [-0.2, 0) is 4.74 Å². The number of H-pyrrole nitrogens is 1. The molecule has 3 N–H and O–H groups in total. The second kappa shape index (κ2) is 6.84. The van der Waals surface area contributed by atoms with Gasteiger partial charge in [-0.1, -0.05) is 0 Å². The minimum Gasteiger partial charge on any atom is -0.444 e. The predicted molar refractivity (Wildman–Crippen MR) is 107 cm³/mol. The third-order valence-corrected chi connectivity index (χ3v) is 5.26. The molecule has 142 valence electrons. The van der Waals surface area contributed by atoms with Gasteiger partial charge in [-0.15, -0.1) is 11.3 Å². The number of carbonyl (C=O) groups excluding carboxylic acids is 1. The fourth-order valence-corrected chi connectivity index (χ4v) is 3.87. The summed E-state index contributed by atoms with van der Waals surface area (Å²) in [5, 5.41) is 10.5. The summed E-state index contributed by atoms with van der Waals surface area (Å²) in [6, 6.07) is 2.44. The van der Waals surface area contributed by atoms with Crippen molar-refractivity contribution in [3.63, 3.8) is 0 Å². The third-order valence-electron chi connectivity index (χ3n) is 4.46.